The van der Waals surface area contributed by atoms with Crippen molar-refractivity contribution in [2.75, 3.05) is 26.7 Å². The fraction of sp³-hybridized carbons (Fsp3) is 0.474. The smallest absolute Gasteiger partial charge is 0.328 e. The molecule has 2 aromatic rings. The van der Waals surface area contributed by atoms with Crippen LogP contribution in [0.1, 0.15) is 29.9 Å². The highest BCUT2D eigenvalue weighted by Gasteiger charge is 2.22. The molecule has 0 atom stereocenters. The molecule has 0 bridgehead atoms. The Morgan fingerprint density at radius 1 is 1.20 bits per heavy atom. The Labute approximate surface area is 147 Å². The lowest BCUT2D eigenvalue weighted by Crippen LogP contribution is -2.38. The SMILES string of the molecule is COc1ccccc1C1CCN(CCc2c[nH]c(=O)n(C)c2=O)CC1. The summed E-state index contributed by atoms with van der Waals surface area (Å²) in [5, 5.41) is 0. The molecular formula is C19H25N3O3. The second kappa shape index (κ2) is 7.70. The molecule has 0 spiro atoms. The molecule has 0 unspecified atom stereocenters. The minimum Gasteiger partial charge on any atom is -0.496 e. The number of aromatic amines is 1. The van der Waals surface area contributed by atoms with Gasteiger partial charge in [0.1, 0.15) is 5.75 Å². The molecule has 3 rings (SSSR count). The van der Waals surface area contributed by atoms with Gasteiger partial charge in [-0.1, -0.05) is 18.2 Å². The van der Waals surface area contributed by atoms with Crippen LogP contribution in [0.3, 0.4) is 0 Å². The molecule has 1 N–H and O–H groups in total. The first-order valence-electron chi connectivity index (χ1n) is 8.73. The number of rotatable bonds is 5. The monoisotopic (exact) mass is 343 g/mol. The van der Waals surface area contributed by atoms with E-state index in [1.807, 2.05) is 12.1 Å². The molecule has 0 amide bonds. The predicted molar refractivity (Wildman–Crippen MR) is 97.4 cm³/mol. The van der Waals surface area contributed by atoms with Crippen LogP contribution in [0.5, 0.6) is 5.75 Å². The van der Waals surface area contributed by atoms with Crippen LogP contribution >= 0.6 is 0 Å². The Morgan fingerprint density at radius 3 is 2.64 bits per heavy atom. The third-order valence-electron chi connectivity index (χ3n) is 5.12. The van der Waals surface area contributed by atoms with Gasteiger partial charge in [-0.05, 0) is 49.9 Å². The predicted octanol–water partition coefficient (Wildman–Crippen LogP) is 1.50. The van der Waals surface area contributed by atoms with Crippen molar-refractivity contribution >= 4 is 0 Å². The summed E-state index contributed by atoms with van der Waals surface area (Å²) in [4.78, 5) is 28.5. The van der Waals surface area contributed by atoms with E-state index in [2.05, 4.69) is 22.0 Å². The Bertz CT molecular complexity index is 832. The van der Waals surface area contributed by atoms with E-state index in [0.717, 1.165) is 42.8 Å². The van der Waals surface area contributed by atoms with E-state index in [1.165, 1.54) is 12.6 Å². The molecule has 1 aliphatic heterocycles. The maximum absolute atomic E-state index is 12.1. The number of piperidine rings is 1. The molecule has 0 aliphatic carbocycles. The summed E-state index contributed by atoms with van der Waals surface area (Å²) in [6.07, 6.45) is 4.38. The highest BCUT2D eigenvalue weighted by atomic mass is 16.5. The number of likely N-dealkylation sites (tertiary alicyclic amines) is 1. The normalized spacial score (nSPS) is 16.1. The minimum atomic E-state index is -0.369. The summed E-state index contributed by atoms with van der Waals surface area (Å²) < 4.78 is 6.61. The molecule has 0 radical (unpaired) electrons. The zero-order chi connectivity index (χ0) is 17.8. The molecule has 1 aromatic carbocycles. The third kappa shape index (κ3) is 3.85. The zero-order valence-electron chi connectivity index (χ0n) is 14.8. The Morgan fingerprint density at radius 2 is 1.92 bits per heavy atom. The minimum absolute atomic E-state index is 0.201. The van der Waals surface area contributed by atoms with Crippen molar-refractivity contribution in [1.82, 2.24) is 14.5 Å². The van der Waals surface area contributed by atoms with Gasteiger partial charge in [0.15, 0.2) is 0 Å². The summed E-state index contributed by atoms with van der Waals surface area (Å²) >= 11 is 0. The summed E-state index contributed by atoms with van der Waals surface area (Å²) in [5.74, 6) is 1.49. The number of ether oxygens (including phenoxy) is 1. The number of hydrogen-bond acceptors (Lipinski definition) is 4. The second-order valence-corrected chi connectivity index (χ2v) is 6.59. The molecule has 2 heterocycles. The Kier molecular flexibility index (Phi) is 5.38. The third-order valence-corrected chi connectivity index (χ3v) is 5.12. The molecule has 1 saturated heterocycles. The number of H-pyrrole nitrogens is 1. The van der Waals surface area contributed by atoms with Crippen molar-refractivity contribution in [2.45, 2.75) is 25.2 Å². The zero-order valence-corrected chi connectivity index (χ0v) is 14.8. The number of para-hydroxylation sites is 1. The standard InChI is InChI=1S/C19H25N3O3/c1-21-18(23)15(13-20-19(21)24)9-12-22-10-7-14(8-11-22)16-5-3-4-6-17(16)25-2/h3-6,13-14H,7-12H2,1-2H3,(H,20,24). The first-order chi connectivity index (χ1) is 12.1. The fourth-order valence-corrected chi connectivity index (χ4v) is 3.54. The van der Waals surface area contributed by atoms with E-state index in [0.29, 0.717) is 17.9 Å². The van der Waals surface area contributed by atoms with Gasteiger partial charge in [0.2, 0.25) is 0 Å². The first-order valence-corrected chi connectivity index (χ1v) is 8.73. The van der Waals surface area contributed by atoms with E-state index in [-0.39, 0.29) is 11.2 Å². The van der Waals surface area contributed by atoms with E-state index < -0.39 is 0 Å². The average Bonchev–Trinajstić information content (AvgIpc) is 2.66. The van der Waals surface area contributed by atoms with Crippen LogP contribution in [0.2, 0.25) is 0 Å². The van der Waals surface area contributed by atoms with E-state index in [9.17, 15) is 9.59 Å². The van der Waals surface area contributed by atoms with Gasteiger partial charge in [0, 0.05) is 25.4 Å². The molecule has 6 nitrogen and oxygen atoms in total. The van der Waals surface area contributed by atoms with Crippen LogP contribution in [0.25, 0.3) is 0 Å². The maximum Gasteiger partial charge on any atom is 0.328 e. The summed E-state index contributed by atoms with van der Waals surface area (Å²) in [7, 11) is 3.22. The van der Waals surface area contributed by atoms with Crippen LogP contribution in [0.4, 0.5) is 0 Å². The quantitative estimate of drug-likeness (QED) is 0.893. The van der Waals surface area contributed by atoms with Crippen LogP contribution in [-0.2, 0) is 13.5 Å². The van der Waals surface area contributed by atoms with Crippen LogP contribution in [0.15, 0.2) is 40.1 Å². The summed E-state index contributed by atoms with van der Waals surface area (Å²) in [6.45, 7) is 2.85. The lowest BCUT2D eigenvalue weighted by Gasteiger charge is -2.32. The fourth-order valence-electron chi connectivity index (χ4n) is 3.54. The van der Waals surface area contributed by atoms with Gasteiger partial charge in [0.05, 0.1) is 7.11 Å². The van der Waals surface area contributed by atoms with Crippen molar-refractivity contribution in [1.29, 1.82) is 0 Å². The largest absolute Gasteiger partial charge is 0.496 e. The number of nitrogens with zero attached hydrogens (tertiary/aromatic N) is 2. The van der Waals surface area contributed by atoms with Crippen molar-refractivity contribution in [2.24, 2.45) is 7.05 Å². The lowest BCUT2D eigenvalue weighted by atomic mass is 9.88. The molecular weight excluding hydrogens is 318 g/mol. The van der Waals surface area contributed by atoms with Gasteiger partial charge in [-0.25, -0.2) is 4.79 Å². The van der Waals surface area contributed by atoms with Gasteiger partial charge in [-0.3, -0.25) is 9.36 Å². The highest BCUT2D eigenvalue weighted by Crippen LogP contribution is 2.33. The van der Waals surface area contributed by atoms with Crippen molar-refractivity contribution in [3.63, 3.8) is 0 Å². The molecule has 134 valence electrons. The van der Waals surface area contributed by atoms with Gasteiger partial charge in [-0.2, -0.15) is 0 Å². The number of benzene rings is 1. The molecule has 25 heavy (non-hydrogen) atoms. The molecule has 6 heteroatoms. The lowest BCUT2D eigenvalue weighted by molar-refractivity contribution is 0.212. The van der Waals surface area contributed by atoms with Crippen LogP contribution < -0.4 is 16.0 Å². The number of nitrogens with one attached hydrogen (secondary N) is 1. The van der Waals surface area contributed by atoms with Gasteiger partial charge >= 0.3 is 5.69 Å². The molecule has 0 saturated carbocycles. The van der Waals surface area contributed by atoms with Crippen LogP contribution in [0, 0.1) is 0 Å². The van der Waals surface area contributed by atoms with Crippen molar-refractivity contribution < 1.29 is 4.74 Å². The summed E-state index contributed by atoms with van der Waals surface area (Å²) in [6, 6.07) is 8.25. The van der Waals surface area contributed by atoms with Gasteiger partial charge < -0.3 is 14.6 Å². The average molecular weight is 343 g/mol. The first kappa shape index (κ1) is 17.5. The molecule has 1 fully saturated rings. The van der Waals surface area contributed by atoms with Crippen molar-refractivity contribution in [3.05, 3.63) is 62.4 Å². The summed E-state index contributed by atoms with van der Waals surface area (Å²) in [5.41, 5.74) is 1.38. The van der Waals surface area contributed by atoms with Gasteiger partial charge in [0.25, 0.3) is 5.56 Å². The van der Waals surface area contributed by atoms with E-state index >= 15 is 0 Å². The molecule has 1 aliphatic rings. The second-order valence-electron chi connectivity index (χ2n) is 6.59. The molecule has 1 aromatic heterocycles. The highest BCUT2D eigenvalue weighted by molar-refractivity contribution is 5.36. The topological polar surface area (TPSA) is 67.3 Å². The Balaban J connectivity index is 1.57. The van der Waals surface area contributed by atoms with E-state index in [4.69, 9.17) is 4.74 Å². The van der Waals surface area contributed by atoms with E-state index in [1.54, 1.807) is 13.3 Å². The van der Waals surface area contributed by atoms with Gasteiger partial charge in [-0.15, -0.1) is 0 Å². The maximum atomic E-state index is 12.1. The number of methoxy groups -OCH3 is 1. The van der Waals surface area contributed by atoms with Crippen LogP contribution in [-0.4, -0.2) is 41.2 Å². The number of aromatic nitrogens is 2. The Hall–Kier alpha value is -2.34. The number of hydrogen-bond donors (Lipinski definition) is 1. The van der Waals surface area contributed by atoms with Crippen molar-refractivity contribution in [3.8, 4) is 5.75 Å².